The van der Waals surface area contributed by atoms with E-state index in [1.54, 1.807) is 6.07 Å². The van der Waals surface area contributed by atoms with Gasteiger partial charge in [-0.15, -0.1) is 0 Å². The van der Waals surface area contributed by atoms with Crippen molar-refractivity contribution in [1.29, 1.82) is 0 Å². The van der Waals surface area contributed by atoms with E-state index < -0.39 is 9.84 Å². The Morgan fingerprint density at radius 3 is 2.78 bits per heavy atom. The molecule has 1 aromatic carbocycles. The van der Waals surface area contributed by atoms with Gasteiger partial charge in [-0.1, -0.05) is 22.0 Å². The SMILES string of the molecule is CN(Cc1ccc(F)cc1Br)[C@@H]1CCS(=O)(=O)C1. The zero-order chi connectivity index (χ0) is 13.3. The van der Waals surface area contributed by atoms with Crippen LogP contribution in [0.2, 0.25) is 0 Å². The van der Waals surface area contributed by atoms with Crippen LogP contribution in [-0.2, 0) is 16.4 Å². The molecule has 0 aromatic heterocycles. The quantitative estimate of drug-likeness (QED) is 0.849. The number of sulfone groups is 1. The Hall–Kier alpha value is -0.460. The van der Waals surface area contributed by atoms with Crippen LogP contribution in [-0.4, -0.2) is 37.9 Å². The van der Waals surface area contributed by atoms with Gasteiger partial charge in [0.25, 0.3) is 0 Å². The predicted octanol–water partition coefficient (Wildman–Crippen LogP) is 2.21. The third kappa shape index (κ3) is 3.30. The minimum Gasteiger partial charge on any atom is -0.298 e. The first-order chi connectivity index (χ1) is 8.37. The molecular weight excluding hydrogens is 321 g/mol. The molecule has 18 heavy (non-hydrogen) atoms. The summed E-state index contributed by atoms with van der Waals surface area (Å²) in [5.41, 5.74) is 0.961. The highest BCUT2D eigenvalue weighted by atomic mass is 79.9. The average molecular weight is 336 g/mol. The van der Waals surface area contributed by atoms with Crippen LogP contribution in [0.15, 0.2) is 22.7 Å². The Bertz CT molecular complexity index is 547. The van der Waals surface area contributed by atoms with E-state index in [9.17, 15) is 12.8 Å². The maximum atomic E-state index is 13.0. The van der Waals surface area contributed by atoms with Crippen molar-refractivity contribution in [2.75, 3.05) is 18.6 Å². The van der Waals surface area contributed by atoms with Crippen molar-refractivity contribution in [2.24, 2.45) is 0 Å². The lowest BCUT2D eigenvalue weighted by Crippen LogP contribution is -2.32. The third-order valence-electron chi connectivity index (χ3n) is 3.27. The highest BCUT2D eigenvalue weighted by Gasteiger charge is 2.30. The molecule has 100 valence electrons. The van der Waals surface area contributed by atoms with Gasteiger partial charge in [0, 0.05) is 17.1 Å². The molecule has 1 saturated heterocycles. The molecule has 2 rings (SSSR count). The molecule has 0 N–H and O–H groups in total. The maximum Gasteiger partial charge on any atom is 0.151 e. The van der Waals surface area contributed by atoms with Crippen LogP contribution in [0.5, 0.6) is 0 Å². The maximum absolute atomic E-state index is 13.0. The smallest absolute Gasteiger partial charge is 0.151 e. The molecule has 0 radical (unpaired) electrons. The van der Waals surface area contributed by atoms with Crippen molar-refractivity contribution in [3.63, 3.8) is 0 Å². The topological polar surface area (TPSA) is 37.4 Å². The fourth-order valence-corrected chi connectivity index (χ4v) is 4.45. The molecule has 6 heteroatoms. The van der Waals surface area contributed by atoms with Crippen LogP contribution in [0.1, 0.15) is 12.0 Å². The van der Waals surface area contributed by atoms with E-state index in [-0.39, 0.29) is 23.4 Å². The van der Waals surface area contributed by atoms with E-state index in [2.05, 4.69) is 15.9 Å². The van der Waals surface area contributed by atoms with Crippen LogP contribution in [0, 0.1) is 5.82 Å². The first kappa shape index (κ1) is 14.0. The molecular formula is C12H15BrFNO2S. The molecule has 0 saturated carbocycles. The van der Waals surface area contributed by atoms with Crippen molar-refractivity contribution in [3.05, 3.63) is 34.1 Å². The van der Waals surface area contributed by atoms with E-state index in [4.69, 9.17) is 0 Å². The number of rotatable bonds is 3. The second-order valence-corrected chi connectivity index (χ2v) is 7.79. The van der Waals surface area contributed by atoms with Gasteiger partial charge in [0.1, 0.15) is 5.82 Å². The molecule has 0 unspecified atom stereocenters. The molecule has 0 aliphatic carbocycles. The summed E-state index contributed by atoms with van der Waals surface area (Å²) >= 11 is 3.32. The van der Waals surface area contributed by atoms with Crippen molar-refractivity contribution in [1.82, 2.24) is 4.90 Å². The summed E-state index contributed by atoms with van der Waals surface area (Å²) < 4.78 is 36.5. The number of benzene rings is 1. The minimum atomic E-state index is -2.86. The van der Waals surface area contributed by atoms with Crippen LogP contribution >= 0.6 is 15.9 Å². The molecule has 1 aromatic rings. The van der Waals surface area contributed by atoms with Gasteiger partial charge < -0.3 is 0 Å². The van der Waals surface area contributed by atoms with E-state index in [1.165, 1.54) is 12.1 Å². The zero-order valence-electron chi connectivity index (χ0n) is 10.1. The Morgan fingerprint density at radius 1 is 1.50 bits per heavy atom. The molecule has 0 spiro atoms. The first-order valence-corrected chi connectivity index (χ1v) is 8.33. The lowest BCUT2D eigenvalue weighted by Gasteiger charge is -2.23. The molecule has 0 bridgehead atoms. The molecule has 1 fully saturated rings. The average Bonchev–Trinajstić information content (AvgIpc) is 2.63. The van der Waals surface area contributed by atoms with Crippen LogP contribution < -0.4 is 0 Å². The standard InChI is InChI=1S/C12H15BrFNO2S/c1-15(11-4-5-18(16,17)8-11)7-9-2-3-10(14)6-12(9)13/h2-3,6,11H,4-5,7-8H2,1H3/t11-/m1/s1. The Morgan fingerprint density at radius 2 is 2.22 bits per heavy atom. The van der Waals surface area contributed by atoms with E-state index in [1.807, 2.05) is 11.9 Å². The third-order valence-corrected chi connectivity index (χ3v) is 5.76. The summed E-state index contributed by atoms with van der Waals surface area (Å²) in [6.45, 7) is 0.612. The van der Waals surface area contributed by atoms with Gasteiger partial charge in [-0.05, 0) is 31.2 Å². The number of halogens is 2. The van der Waals surface area contributed by atoms with Gasteiger partial charge in [0.2, 0.25) is 0 Å². The molecule has 1 aliphatic rings. The monoisotopic (exact) mass is 335 g/mol. The number of hydrogen-bond donors (Lipinski definition) is 0. The largest absolute Gasteiger partial charge is 0.298 e. The second-order valence-electron chi connectivity index (χ2n) is 4.71. The summed E-state index contributed by atoms with van der Waals surface area (Å²) in [5.74, 6) is 0.214. The normalized spacial score (nSPS) is 22.6. The van der Waals surface area contributed by atoms with Crippen molar-refractivity contribution < 1.29 is 12.8 Å². The number of nitrogens with zero attached hydrogens (tertiary/aromatic N) is 1. The van der Waals surface area contributed by atoms with Crippen molar-refractivity contribution in [2.45, 2.75) is 19.0 Å². The Balaban J connectivity index is 2.05. The van der Waals surface area contributed by atoms with Crippen LogP contribution in [0.4, 0.5) is 4.39 Å². The van der Waals surface area contributed by atoms with Gasteiger partial charge in [0.05, 0.1) is 11.5 Å². The fourth-order valence-electron chi connectivity index (χ4n) is 2.17. The highest BCUT2D eigenvalue weighted by Crippen LogP contribution is 2.23. The fraction of sp³-hybridized carbons (Fsp3) is 0.500. The van der Waals surface area contributed by atoms with E-state index in [0.717, 1.165) is 10.0 Å². The zero-order valence-corrected chi connectivity index (χ0v) is 12.5. The highest BCUT2D eigenvalue weighted by molar-refractivity contribution is 9.10. The second kappa shape index (κ2) is 5.27. The predicted molar refractivity (Wildman–Crippen MR) is 72.6 cm³/mol. The van der Waals surface area contributed by atoms with Gasteiger partial charge in [-0.2, -0.15) is 0 Å². The van der Waals surface area contributed by atoms with Crippen LogP contribution in [0.3, 0.4) is 0 Å². The summed E-state index contributed by atoms with van der Waals surface area (Å²) in [5, 5.41) is 0. The van der Waals surface area contributed by atoms with Crippen LogP contribution in [0.25, 0.3) is 0 Å². The van der Waals surface area contributed by atoms with Gasteiger partial charge in [0.15, 0.2) is 9.84 Å². The van der Waals surface area contributed by atoms with Gasteiger partial charge >= 0.3 is 0 Å². The van der Waals surface area contributed by atoms with Gasteiger partial charge in [-0.3, -0.25) is 4.90 Å². The minimum absolute atomic E-state index is 0.0620. The Kier molecular flexibility index (Phi) is 4.08. The van der Waals surface area contributed by atoms with Crippen molar-refractivity contribution >= 4 is 25.8 Å². The lowest BCUT2D eigenvalue weighted by molar-refractivity contribution is 0.253. The number of hydrogen-bond acceptors (Lipinski definition) is 3. The molecule has 3 nitrogen and oxygen atoms in total. The Labute approximate surface area is 115 Å². The molecule has 1 atom stereocenters. The van der Waals surface area contributed by atoms with E-state index >= 15 is 0 Å². The first-order valence-electron chi connectivity index (χ1n) is 5.72. The summed E-state index contributed by atoms with van der Waals surface area (Å²) in [4.78, 5) is 2.02. The molecule has 1 heterocycles. The van der Waals surface area contributed by atoms with E-state index in [0.29, 0.717) is 13.0 Å². The summed E-state index contributed by atoms with van der Waals surface area (Å²) in [6.07, 6.45) is 0.678. The summed E-state index contributed by atoms with van der Waals surface area (Å²) in [7, 11) is -0.959. The molecule has 1 aliphatic heterocycles. The van der Waals surface area contributed by atoms with Gasteiger partial charge in [-0.25, -0.2) is 12.8 Å². The molecule has 0 amide bonds. The van der Waals surface area contributed by atoms with Crippen molar-refractivity contribution in [3.8, 4) is 0 Å². The summed E-state index contributed by atoms with van der Waals surface area (Å²) in [6, 6.07) is 4.62. The lowest BCUT2D eigenvalue weighted by atomic mass is 10.1.